The maximum Gasteiger partial charge on any atom is 0.255 e. The SMILES string of the molecule is COc1ccc(NC(=O)c2ccc(NC(=S)N[C@@H]3C[C@H]4CC[C@H]3C4)cc2)cc1. The molecular weight excluding hydrogens is 370 g/mol. The molecular formula is C22H25N3O2S. The molecule has 2 aliphatic rings. The van der Waals surface area contributed by atoms with Crippen LogP contribution in [-0.2, 0) is 0 Å². The van der Waals surface area contributed by atoms with Crippen LogP contribution in [0.5, 0.6) is 5.75 Å². The quantitative estimate of drug-likeness (QED) is 0.654. The van der Waals surface area contributed by atoms with E-state index in [-0.39, 0.29) is 5.91 Å². The molecule has 1 amide bonds. The summed E-state index contributed by atoms with van der Waals surface area (Å²) < 4.78 is 5.12. The van der Waals surface area contributed by atoms with Crippen LogP contribution >= 0.6 is 12.2 Å². The normalized spacial score (nSPS) is 22.5. The van der Waals surface area contributed by atoms with E-state index in [1.54, 1.807) is 19.2 Å². The highest BCUT2D eigenvalue weighted by Gasteiger charge is 2.39. The van der Waals surface area contributed by atoms with Gasteiger partial charge in [0, 0.05) is 23.0 Å². The minimum atomic E-state index is -0.153. The average Bonchev–Trinajstić information content (AvgIpc) is 3.32. The number of carbonyl (C=O) groups excluding carboxylic acids is 1. The number of anilines is 2. The van der Waals surface area contributed by atoms with Crippen LogP contribution in [0.1, 0.15) is 36.0 Å². The van der Waals surface area contributed by atoms with Crippen LogP contribution in [0.3, 0.4) is 0 Å². The maximum absolute atomic E-state index is 12.4. The molecule has 3 atom stereocenters. The van der Waals surface area contributed by atoms with Crippen LogP contribution < -0.4 is 20.7 Å². The number of fused-ring (bicyclic) bond motifs is 2. The summed E-state index contributed by atoms with van der Waals surface area (Å²) in [5, 5.41) is 10.2. The Morgan fingerprint density at radius 1 is 0.964 bits per heavy atom. The predicted molar refractivity (Wildman–Crippen MR) is 116 cm³/mol. The fourth-order valence-corrected chi connectivity index (χ4v) is 4.61. The molecule has 2 saturated carbocycles. The first-order valence-electron chi connectivity index (χ1n) is 9.73. The van der Waals surface area contributed by atoms with Gasteiger partial charge in [-0.3, -0.25) is 4.79 Å². The van der Waals surface area contributed by atoms with Gasteiger partial charge < -0.3 is 20.7 Å². The Morgan fingerprint density at radius 3 is 2.25 bits per heavy atom. The van der Waals surface area contributed by atoms with Gasteiger partial charge in [-0.15, -0.1) is 0 Å². The number of rotatable bonds is 5. The molecule has 0 heterocycles. The molecule has 146 valence electrons. The van der Waals surface area contributed by atoms with Crippen LogP contribution in [0.15, 0.2) is 48.5 Å². The first kappa shape index (κ1) is 18.7. The van der Waals surface area contributed by atoms with Crippen molar-refractivity contribution in [2.45, 2.75) is 31.7 Å². The van der Waals surface area contributed by atoms with E-state index in [0.29, 0.717) is 16.7 Å². The molecule has 0 unspecified atom stereocenters. The fourth-order valence-electron chi connectivity index (χ4n) is 4.34. The highest BCUT2D eigenvalue weighted by atomic mass is 32.1. The lowest BCUT2D eigenvalue weighted by atomic mass is 9.96. The Kier molecular flexibility index (Phi) is 5.48. The van der Waals surface area contributed by atoms with Crippen molar-refractivity contribution in [3.8, 4) is 5.75 Å². The largest absolute Gasteiger partial charge is 0.497 e. The lowest BCUT2D eigenvalue weighted by Crippen LogP contribution is -2.40. The van der Waals surface area contributed by atoms with Crippen LogP contribution in [0.2, 0.25) is 0 Å². The number of nitrogens with one attached hydrogen (secondary N) is 3. The van der Waals surface area contributed by atoms with Gasteiger partial charge in [0.15, 0.2) is 5.11 Å². The molecule has 2 aliphatic carbocycles. The number of amides is 1. The Morgan fingerprint density at radius 2 is 1.64 bits per heavy atom. The zero-order chi connectivity index (χ0) is 19.5. The number of ether oxygens (including phenoxy) is 1. The first-order chi connectivity index (χ1) is 13.6. The highest BCUT2D eigenvalue weighted by Crippen LogP contribution is 2.44. The Bertz CT molecular complexity index is 851. The van der Waals surface area contributed by atoms with Crippen molar-refractivity contribution in [1.82, 2.24) is 5.32 Å². The smallest absolute Gasteiger partial charge is 0.255 e. The van der Waals surface area contributed by atoms with E-state index in [9.17, 15) is 4.79 Å². The number of methoxy groups -OCH3 is 1. The minimum absolute atomic E-state index is 0.153. The molecule has 0 spiro atoms. The van der Waals surface area contributed by atoms with Gasteiger partial charge in [-0.1, -0.05) is 6.42 Å². The second-order valence-electron chi connectivity index (χ2n) is 7.64. The monoisotopic (exact) mass is 395 g/mol. The lowest BCUT2D eigenvalue weighted by Gasteiger charge is -2.24. The van der Waals surface area contributed by atoms with Gasteiger partial charge in [-0.2, -0.15) is 0 Å². The summed E-state index contributed by atoms with van der Waals surface area (Å²) in [6.07, 6.45) is 5.28. The molecule has 0 saturated heterocycles. The van der Waals surface area contributed by atoms with Gasteiger partial charge in [-0.25, -0.2) is 0 Å². The van der Waals surface area contributed by atoms with Crippen molar-refractivity contribution in [2.75, 3.05) is 17.7 Å². The van der Waals surface area contributed by atoms with E-state index >= 15 is 0 Å². The molecule has 3 N–H and O–H groups in total. The third-order valence-electron chi connectivity index (χ3n) is 5.81. The van der Waals surface area contributed by atoms with Gasteiger partial charge in [0.1, 0.15) is 5.75 Å². The summed E-state index contributed by atoms with van der Waals surface area (Å²) in [5.41, 5.74) is 2.19. The van der Waals surface area contributed by atoms with Crippen LogP contribution in [0.25, 0.3) is 0 Å². The van der Waals surface area contributed by atoms with Gasteiger partial charge in [0.05, 0.1) is 7.11 Å². The molecule has 0 aliphatic heterocycles. The zero-order valence-electron chi connectivity index (χ0n) is 15.9. The summed E-state index contributed by atoms with van der Waals surface area (Å²) >= 11 is 5.47. The van der Waals surface area contributed by atoms with E-state index < -0.39 is 0 Å². The number of benzene rings is 2. The number of hydrogen-bond donors (Lipinski definition) is 3. The van der Waals surface area contributed by atoms with Crippen molar-refractivity contribution >= 4 is 34.6 Å². The second kappa shape index (κ2) is 8.19. The lowest BCUT2D eigenvalue weighted by molar-refractivity contribution is 0.102. The fraction of sp³-hybridized carbons (Fsp3) is 0.364. The number of thiocarbonyl (C=S) groups is 1. The van der Waals surface area contributed by atoms with Crippen molar-refractivity contribution in [3.63, 3.8) is 0 Å². The third kappa shape index (κ3) is 4.28. The molecule has 2 aromatic rings. The molecule has 6 heteroatoms. The minimum Gasteiger partial charge on any atom is -0.497 e. The number of carbonyl (C=O) groups is 1. The Hall–Kier alpha value is -2.60. The molecule has 4 rings (SSSR count). The van der Waals surface area contributed by atoms with E-state index in [1.165, 1.54) is 25.7 Å². The van der Waals surface area contributed by atoms with Gasteiger partial charge in [0.2, 0.25) is 0 Å². The molecule has 0 radical (unpaired) electrons. The van der Waals surface area contributed by atoms with Gasteiger partial charge in [-0.05, 0) is 91.8 Å². The van der Waals surface area contributed by atoms with Crippen LogP contribution in [-0.4, -0.2) is 24.2 Å². The van der Waals surface area contributed by atoms with E-state index in [1.807, 2.05) is 36.4 Å². The van der Waals surface area contributed by atoms with E-state index in [2.05, 4.69) is 16.0 Å². The van der Waals surface area contributed by atoms with Crippen molar-refractivity contribution in [3.05, 3.63) is 54.1 Å². The Labute approximate surface area is 170 Å². The molecule has 2 aromatic carbocycles. The van der Waals surface area contributed by atoms with Crippen LogP contribution in [0.4, 0.5) is 11.4 Å². The summed E-state index contributed by atoms with van der Waals surface area (Å²) in [7, 11) is 1.61. The van der Waals surface area contributed by atoms with Gasteiger partial charge in [0.25, 0.3) is 5.91 Å². The summed E-state index contributed by atoms with van der Waals surface area (Å²) in [4.78, 5) is 12.4. The molecule has 28 heavy (non-hydrogen) atoms. The molecule has 2 bridgehead atoms. The van der Waals surface area contributed by atoms with E-state index in [0.717, 1.165) is 29.0 Å². The van der Waals surface area contributed by atoms with Crippen molar-refractivity contribution in [1.29, 1.82) is 0 Å². The number of hydrogen-bond acceptors (Lipinski definition) is 3. The third-order valence-corrected chi connectivity index (χ3v) is 6.03. The summed E-state index contributed by atoms with van der Waals surface area (Å²) in [6.45, 7) is 0. The molecule has 5 nitrogen and oxygen atoms in total. The van der Waals surface area contributed by atoms with Crippen LogP contribution in [0, 0.1) is 11.8 Å². The predicted octanol–water partition coefficient (Wildman–Crippen LogP) is 4.42. The topological polar surface area (TPSA) is 62.4 Å². The van der Waals surface area contributed by atoms with Crippen molar-refractivity contribution < 1.29 is 9.53 Å². The van der Waals surface area contributed by atoms with Gasteiger partial charge >= 0.3 is 0 Å². The van der Waals surface area contributed by atoms with E-state index in [4.69, 9.17) is 17.0 Å². The second-order valence-corrected chi connectivity index (χ2v) is 8.05. The first-order valence-corrected chi connectivity index (χ1v) is 10.1. The average molecular weight is 396 g/mol. The standard InChI is InChI=1S/C22H25N3O2S/c1-27-19-10-8-17(9-11-19)23-21(26)15-4-6-18(7-5-15)24-22(28)25-20-13-14-2-3-16(20)12-14/h4-11,14,16,20H,2-3,12-13H2,1H3,(H,23,26)(H2,24,25,28)/t14-,16-,20+/m0/s1. The Balaban J connectivity index is 1.30. The molecule has 0 aromatic heterocycles. The zero-order valence-corrected chi connectivity index (χ0v) is 16.7. The summed E-state index contributed by atoms with van der Waals surface area (Å²) in [6, 6.07) is 15.1. The molecule has 2 fully saturated rings. The summed E-state index contributed by atoms with van der Waals surface area (Å²) in [5.74, 6) is 2.26. The highest BCUT2D eigenvalue weighted by molar-refractivity contribution is 7.80. The maximum atomic E-state index is 12.4. The van der Waals surface area contributed by atoms with Crippen molar-refractivity contribution in [2.24, 2.45) is 11.8 Å².